The Kier molecular flexibility index (Phi) is 16.7. The number of rotatable bonds is 4. The van der Waals surface area contributed by atoms with E-state index in [0.29, 0.717) is 16.8 Å². The first-order chi connectivity index (χ1) is 20.1. The standard InChI is InChI=1S/C18H24N2O.C10H9FN2.4C2H6/c1-12-9-13(21-6)10-14(18(4)11-17(18,2)3)15(12)16-19-7-8-20(16)5;1-13-7-6-12-10(13)8-4-2-3-5-9(8)11;4*1-2/h7-10H,11H2,1-6H3;2-7H,1H3;4*1-2H3. The largest absolute Gasteiger partial charge is 0.497 e. The van der Waals surface area contributed by atoms with E-state index in [0.717, 1.165) is 11.6 Å². The maximum Gasteiger partial charge on any atom is 0.142 e. The van der Waals surface area contributed by atoms with Gasteiger partial charge in [-0.05, 0) is 59.6 Å². The average Bonchev–Trinajstić information content (AvgIpc) is 3.35. The van der Waals surface area contributed by atoms with Crippen molar-refractivity contribution in [3.8, 4) is 28.5 Å². The number of nitrogens with zero attached hydrogens (tertiary/aromatic N) is 4. The lowest BCUT2D eigenvalue weighted by Gasteiger charge is -2.22. The number of benzene rings is 2. The molecule has 0 saturated heterocycles. The van der Waals surface area contributed by atoms with E-state index in [-0.39, 0.29) is 11.2 Å². The van der Waals surface area contributed by atoms with Gasteiger partial charge < -0.3 is 13.9 Å². The van der Waals surface area contributed by atoms with Crippen molar-refractivity contribution >= 4 is 0 Å². The second-order valence-electron chi connectivity index (χ2n) is 9.96. The summed E-state index contributed by atoms with van der Waals surface area (Å²) >= 11 is 0. The highest BCUT2D eigenvalue weighted by molar-refractivity contribution is 5.70. The smallest absolute Gasteiger partial charge is 0.142 e. The van der Waals surface area contributed by atoms with Crippen LogP contribution in [0.2, 0.25) is 0 Å². The maximum atomic E-state index is 13.3. The lowest BCUT2D eigenvalue weighted by atomic mass is 9.84. The molecule has 5 nitrogen and oxygen atoms in total. The van der Waals surface area contributed by atoms with E-state index in [1.54, 1.807) is 42.3 Å². The van der Waals surface area contributed by atoms with Crippen LogP contribution in [0.15, 0.2) is 61.2 Å². The van der Waals surface area contributed by atoms with Crippen LogP contribution in [0.1, 0.15) is 93.7 Å². The van der Waals surface area contributed by atoms with Gasteiger partial charge in [0.1, 0.15) is 23.2 Å². The van der Waals surface area contributed by atoms with Crippen LogP contribution in [0.4, 0.5) is 4.39 Å². The SMILES string of the molecule is CC.CC.CC.CC.COc1cc(C)c(-c2nccn2C)c(C2(C)CC2(C)C)c1.Cn1ccnc1-c1ccccc1F. The van der Waals surface area contributed by atoms with Crippen LogP contribution in [0, 0.1) is 18.2 Å². The first-order valence-electron chi connectivity index (χ1n) is 15.5. The molecule has 1 atom stereocenters. The number of ether oxygens (including phenoxy) is 1. The van der Waals surface area contributed by atoms with Crippen LogP contribution in [0.3, 0.4) is 0 Å². The van der Waals surface area contributed by atoms with Gasteiger partial charge in [0.15, 0.2) is 0 Å². The fraction of sp³-hybridized carbons (Fsp3) is 0.500. The Bertz CT molecular complexity index is 1320. The third-order valence-corrected chi connectivity index (χ3v) is 7.28. The molecular weight excluding hydrogens is 523 g/mol. The predicted octanol–water partition coefficient (Wildman–Crippen LogP) is 10.4. The predicted molar refractivity (Wildman–Crippen MR) is 180 cm³/mol. The van der Waals surface area contributed by atoms with E-state index in [1.165, 1.54) is 29.2 Å². The minimum Gasteiger partial charge on any atom is -0.497 e. The summed E-state index contributed by atoms with van der Waals surface area (Å²) in [5.41, 5.74) is 4.90. The zero-order chi connectivity index (χ0) is 32.7. The number of halogens is 1. The zero-order valence-electron chi connectivity index (χ0n) is 29.1. The van der Waals surface area contributed by atoms with Crippen molar-refractivity contribution in [1.29, 1.82) is 0 Å². The van der Waals surface area contributed by atoms with Gasteiger partial charge in [0.2, 0.25) is 0 Å². The summed E-state index contributed by atoms with van der Waals surface area (Å²) in [4.78, 5) is 8.64. The summed E-state index contributed by atoms with van der Waals surface area (Å²) in [6.45, 7) is 25.2. The zero-order valence-corrected chi connectivity index (χ0v) is 29.1. The lowest BCUT2D eigenvalue weighted by Crippen LogP contribution is -2.13. The van der Waals surface area contributed by atoms with Crippen LogP contribution in [0.5, 0.6) is 5.75 Å². The minimum atomic E-state index is -0.239. The molecule has 1 fully saturated rings. The summed E-state index contributed by atoms with van der Waals surface area (Å²) < 4.78 is 22.7. The fourth-order valence-corrected chi connectivity index (χ4v) is 4.78. The van der Waals surface area contributed by atoms with Crippen molar-refractivity contribution in [3.63, 3.8) is 0 Å². The fourth-order valence-electron chi connectivity index (χ4n) is 4.78. The quantitative estimate of drug-likeness (QED) is 0.241. The Morgan fingerprint density at radius 2 is 1.26 bits per heavy atom. The van der Waals surface area contributed by atoms with E-state index in [1.807, 2.05) is 74.8 Å². The van der Waals surface area contributed by atoms with Gasteiger partial charge in [-0.1, -0.05) is 88.3 Å². The van der Waals surface area contributed by atoms with Crippen LogP contribution < -0.4 is 4.74 Å². The number of aryl methyl sites for hydroxylation is 3. The average molecular weight is 581 g/mol. The number of hydrogen-bond donors (Lipinski definition) is 0. The molecule has 1 unspecified atom stereocenters. The molecule has 1 saturated carbocycles. The molecule has 0 amide bonds. The van der Waals surface area contributed by atoms with Gasteiger partial charge in [0.25, 0.3) is 0 Å². The molecule has 0 N–H and O–H groups in total. The molecule has 0 radical (unpaired) electrons. The van der Waals surface area contributed by atoms with E-state index in [9.17, 15) is 4.39 Å². The van der Waals surface area contributed by atoms with Gasteiger partial charge in [-0.15, -0.1) is 0 Å². The minimum absolute atomic E-state index is 0.188. The summed E-state index contributed by atoms with van der Waals surface area (Å²) in [5, 5.41) is 0. The van der Waals surface area contributed by atoms with E-state index < -0.39 is 0 Å². The second kappa shape index (κ2) is 18.2. The van der Waals surface area contributed by atoms with Crippen LogP contribution in [0.25, 0.3) is 22.8 Å². The molecule has 0 bridgehead atoms. The van der Waals surface area contributed by atoms with Crippen molar-refractivity contribution in [2.75, 3.05) is 7.11 Å². The highest BCUT2D eigenvalue weighted by Gasteiger charge is 2.59. The molecule has 0 spiro atoms. The Hall–Kier alpha value is -3.41. The van der Waals surface area contributed by atoms with Crippen LogP contribution in [-0.2, 0) is 19.5 Å². The van der Waals surface area contributed by atoms with Crippen molar-refractivity contribution in [1.82, 2.24) is 19.1 Å². The topological polar surface area (TPSA) is 44.9 Å². The number of aromatic nitrogens is 4. The van der Waals surface area contributed by atoms with Gasteiger partial charge in [0.05, 0.1) is 12.7 Å². The maximum absolute atomic E-state index is 13.3. The molecule has 2 aromatic carbocycles. The first kappa shape index (κ1) is 38.6. The molecule has 1 aliphatic rings. The van der Waals surface area contributed by atoms with E-state index in [4.69, 9.17) is 4.74 Å². The van der Waals surface area contributed by atoms with Crippen molar-refractivity contribution in [3.05, 3.63) is 78.1 Å². The number of hydrogen-bond acceptors (Lipinski definition) is 3. The molecule has 2 heterocycles. The van der Waals surface area contributed by atoms with Gasteiger partial charge in [-0.25, -0.2) is 14.4 Å². The highest BCUT2D eigenvalue weighted by atomic mass is 19.1. The molecule has 6 heteroatoms. The Morgan fingerprint density at radius 3 is 1.67 bits per heavy atom. The van der Waals surface area contributed by atoms with Gasteiger partial charge >= 0.3 is 0 Å². The molecule has 2 aromatic heterocycles. The monoisotopic (exact) mass is 580 g/mol. The molecular formula is C36H57FN4O. The Balaban J connectivity index is 0.000000688. The third-order valence-electron chi connectivity index (χ3n) is 7.28. The Morgan fingerprint density at radius 1 is 0.786 bits per heavy atom. The third kappa shape index (κ3) is 8.80. The van der Waals surface area contributed by atoms with Crippen molar-refractivity contribution in [2.24, 2.45) is 19.5 Å². The molecule has 0 aliphatic heterocycles. The summed E-state index contributed by atoms with van der Waals surface area (Å²) in [6, 6.07) is 10.9. The summed E-state index contributed by atoms with van der Waals surface area (Å²) in [5.74, 6) is 2.38. The highest BCUT2D eigenvalue weighted by Crippen LogP contribution is 2.65. The van der Waals surface area contributed by atoms with E-state index in [2.05, 4.69) is 61.4 Å². The summed E-state index contributed by atoms with van der Waals surface area (Å²) in [7, 11) is 5.63. The lowest BCUT2D eigenvalue weighted by molar-refractivity contribution is 0.412. The summed E-state index contributed by atoms with van der Waals surface area (Å²) in [6.07, 6.45) is 8.51. The molecule has 234 valence electrons. The first-order valence-corrected chi connectivity index (χ1v) is 15.5. The molecule has 4 aromatic rings. The van der Waals surface area contributed by atoms with Gasteiger partial charge in [-0.3, -0.25) is 0 Å². The number of methoxy groups -OCH3 is 1. The van der Waals surface area contributed by atoms with Crippen molar-refractivity contribution < 1.29 is 9.13 Å². The van der Waals surface area contributed by atoms with Crippen molar-refractivity contribution in [2.45, 2.75) is 94.9 Å². The van der Waals surface area contributed by atoms with Crippen LogP contribution >= 0.6 is 0 Å². The van der Waals surface area contributed by atoms with Gasteiger partial charge in [0, 0.05) is 44.4 Å². The van der Waals surface area contributed by atoms with Crippen LogP contribution in [-0.4, -0.2) is 26.2 Å². The Labute approximate surface area is 256 Å². The normalized spacial score (nSPS) is 15.3. The van der Waals surface area contributed by atoms with E-state index >= 15 is 0 Å². The molecule has 42 heavy (non-hydrogen) atoms. The second-order valence-corrected chi connectivity index (χ2v) is 9.96. The molecule has 5 rings (SSSR count). The number of imidazole rings is 2. The molecule has 1 aliphatic carbocycles. The van der Waals surface area contributed by atoms with Gasteiger partial charge in [-0.2, -0.15) is 0 Å².